The maximum Gasteiger partial charge on any atom is 0.314 e. The van der Waals surface area contributed by atoms with Crippen LogP contribution < -0.4 is 18.9 Å². The zero-order valence-electron chi connectivity index (χ0n) is 24.5. The first-order chi connectivity index (χ1) is 21.6. The monoisotopic (exact) mass is 628 g/mol. The molecule has 0 aromatic heterocycles. The summed E-state index contributed by atoms with van der Waals surface area (Å²) in [5.41, 5.74) is 0. The molecule has 44 heavy (non-hydrogen) atoms. The Bertz CT molecular complexity index is 1320. The number of benzene rings is 4. The van der Waals surface area contributed by atoms with Gasteiger partial charge in [-0.05, 0) is 98.5 Å². The van der Waals surface area contributed by atoms with Crippen LogP contribution in [0.25, 0.3) is 0 Å². The number of thioether (sulfide) groups is 2. The fourth-order valence-electron chi connectivity index (χ4n) is 4.84. The first-order valence-corrected chi connectivity index (χ1v) is 16.8. The van der Waals surface area contributed by atoms with Crippen molar-refractivity contribution in [3.63, 3.8) is 0 Å². The molecule has 1 fully saturated rings. The van der Waals surface area contributed by atoms with Gasteiger partial charge >= 0.3 is 11.9 Å². The molecule has 1 aliphatic rings. The third-order valence-corrected chi connectivity index (χ3v) is 9.16. The number of hydrogen-bond acceptors (Lipinski definition) is 8. The molecule has 6 nitrogen and oxygen atoms in total. The van der Waals surface area contributed by atoms with Crippen molar-refractivity contribution in [1.82, 2.24) is 0 Å². The molecule has 0 saturated heterocycles. The first kappa shape index (κ1) is 31.5. The van der Waals surface area contributed by atoms with Crippen LogP contribution in [0.1, 0.15) is 25.7 Å². The van der Waals surface area contributed by atoms with Crippen LogP contribution >= 0.6 is 23.5 Å². The van der Waals surface area contributed by atoms with Crippen molar-refractivity contribution in [2.45, 2.75) is 35.5 Å². The summed E-state index contributed by atoms with van der Waals surface area (Å²) < 4.78 is 22.9. The van der Waals surface area contributed by atoms with E-state index < -0.39 is 0 Å². The molecule has 4 aromatic rings. The van der Waals surface area contributed by atoms with Crippen molar-refractivity contribution in [1.29, 1.82) is 0 Å². The van der Waals surface area contributed by atoms with Gasteiger partial charge in [-0.2, -0.15) is 0 Å². The molecule has 0 heterocycles. The van der Waals surface area contributed by atoms with Gasteiger partial charge in [-0.15, -0.1) is 23.5 Å². The maximum absolute atomic E-state index is 12.8. The zero-order valence-corrected chi connectivity index (χ0v) is 26.1. The first-order valence-electron chi connectivity index (χ1n) is 14.9. The van der Waals surface area contributed by atoms with Crippen LogP contribution in [-0.4, -0.2) is 36.7 Å². The van der Waals surface area contributed by atoms with Gasteiger partial charge in [0.05, 0.1) is 25.0 Å². The van der Waals surface area contributed by atoms with Gasteiger partial charge in [-0.25, -0.2) is 0 Å². The van der Waals surface area contributed by atoms with Gasteiger partial charge in [0, 0.05) is 21.3 Å². The number of carbonyl (C=O) groups excluding carboxylic acids is 2. The Morgan fingerprint density at radius 1 is 0.500 bits per heavy atom. The third-order valence-electron chi connectivity index (χ3n) is 7.21. The van der Waals surface area contributed by atoms with E-state index in [9.17, 15) is 9.59 Å². The lowest BCUT2D eigenvalue weighted by Crippen LogP contribution is -2.30. The second-order valence-corrected chi connectivity index (χ2v) is 12.7. The lowest BCUT2D eigenvalue weighted by molar-refractivity contribution is -0.145. The molecule has 0 atom stereocenters. The minimum Gasteiger partial charge on any atom is -0.493 e. The molecule has 0 aliphatic heterocycles. The second kappa shape index (κ2) is 16.8. The average molecular weight is 629 g/mol. The largest absolute Gasteiger partial charge is 0.493 e. The quantitative estimate of drug-likeness (QED) is 0.0597. The molecule has 0 radical (unpaired) electrons. The van der Waals surface area contributed by atoms with Crippen molar-refractivity contribution in [2.75, 3.05) is 24.7 Å². The highest BCUT2D eigenvalue weighted by Gasteiger charge is 2.32. The Balaban J connectivity index is 0.968. The maximum atomic E-state index is 12.8. The van der Waals surface area contributed by atoms with Gasteiger partial charge in [-0.3, -0.25) is 9.59 Å². The van der Waals surface area contributed by atoms with Crippen LogP contribution in [0.5, 0.6) is 23.0 Å². The summed E-state index contributed by atoms with van der Waals surface area (Å²) in [5, 5.41) is 0. The van der Waals surface area contributed by atoms with Crippen molar-refractivity contribution >= 4 is 35.5 Å². The van der Waals surface area contributed by atoms with Crippen LogP contribution in [0, 0.1) is 11.8 Å². The Kier molecular flexibility index (Phi) is 12.1. The molecule has 8 heteroatoms. The van der Waals surface area contributed by atoms with Crippen LogP contribution in [-0.2, 0) is 9.59 Å². The van der Waals surface area contributed by atoms with Crippen molar-refractivity contribution < 1.29 is 28.5 Å². The van der Waals surface area contributed by atoms with Crippen LogP contribution in [0.3, 0.4) is 0 Å². The SMILES string of the molecule is O=C(Oc1ccc(OCCSc2ccccc2)cc1)C1CCC(C(=O)Oc2ccc(OCCSc3ccccc3)cc2)CC1. The van der Waals surface area contributed by atoms with E-state index in [4.69, 9.17) is 18.9 Å². The topological polar surface area (TPSA) is 71.1 Å². The lowest BCUT2D eigenvalue weighted by atomic mass is 9.82. The van der Waals surface area contributed by atoms with E-state index in [1.54, 1.807) is 47.8 Å². The fourth-order valence-corrected chi connectivity index (χ4v) is 6.35. The highest BCUT2D eigenvalue weighted by Crippen LogP contribution is 2.32. The Labute approximate surface area is 267 Å². The van der Waals surface area contributed by atoms with Gasteiger partial charge in [0.15, 0.2) is 0 Å². The predicted molar refractivity (Wildman–Crippen MR) is 175 cm³/mol. The van der Waals surface area contributed by atoms with E-state index in [1.165, 1.54) is 9.79 Å². The molecule has 0 amide bonds. The third kappa shape index (κ3) is 10.1. The van der Waals surface area contributed by atoms with Crippen LogP contribution in [0.4, 0.5) is 0 Å². The number of rotatable bonds is 14. The van der Waals surface area contributed by atoms with E-state index >= 15 is 0 Å². The van der Waals surface area contributed by atoms with E-state index in [1.807, 2.05) is 60.7 Å². The molecular formula is C36H36O6S2. The van der Waals surface area contributed by atoms with Crippen molar-refractivity contribution in [2.24, 2.45) is 11.8 Å². The standard InChI is InChI=1S/C36H36O6S2/c37-35(41-31-19-15-29(16-20-31)39-23-25-43-33-7-3-1-4-8-33)27-11-13-28(14-12-27)36(38)42-32-21-17-30(18-22-32)40-24-26-44-34-9-5-2-6-10-34/h1-10,15-22,27-28H,11-14,23-26H2. The van der Waals surface area contributed by atoms with Crippen molar-refractivity contribution in [3.05, 3.63) is 109 Å². The molecule has 0 unspecified atom stereocenters. The summed E-state index contributed by atoms with van der Waals surface area (Å²) in [4.78, 5) is 28.0. The van der Waals surface area contributed by atoms with Crippen molar-refractivity contribution in [3.8, 4) is 23.0 Å². The highest BCUT2D eigenvalue weighted by molar-refractivity contribution is 7.99. The number of carbonyl (C=O) groups is 2. The summed E-state index contributed by atoms with van der Waals surface area (Å²) in [5.74, 6) is 3.14. The Morgan fingerprint density at radius 2 is 0.841 bits per heavy atom. The average Bonchev–Trinajstić information content (AvgIpc) is 3.07. The summed E-state index contributed by atoms with van der Waals surface area (Å²) in [6, 6.07) is 34.7. The fraction of sp³-hybridized carbons (Fsp3) is 0.278. The summed E-state index contributed by atoms with van der Waals surface area (Å²) in [6.07, 6.45) is 2.36. The summed E-state index contributed by atoms with van der Waals surface area (Å²) >= 11 is 3.49. The molecule has 5 rings (SSSR count). The molecule has 0 N–H and O–H groups in total. The number of ether oxygens (including phenoxy) is 4. The normalized spacial score (nSPS) is 16.1. The van der Waals surface area contributed by atoms with E-state index in [0.717, 1.165) is 23.0 Å². The second-order valence-electron chi connectivity index (χ2n) is 10.4. The minimum absolute atomic E-state index is 0.235. The lowest BCUT2D eigenvalue weighted by Gasteiger charge is -2.25. The minimum atomic E-state index is -0.262. The van der Waals surface area contributed by atoms with Crippen LogP contribution in [0.15, 0.2) is 119 Å². The van der Waals surface area contributed by atoms with Crippen LogP contribution in [0.2, 0.25) is 0 Å². The number of hydrogen-bond donors (Lipinski definition) is 0. The van der Waals surface area contributed by atoms with Gasteiger partial charge < -0.3 is 18.9 Å². The molecule has 4 aromatic carbocycles. The molecule has 1 saturated carbocycles. The molecular weight excluding hydrogens is 593 g/mol. The summed E-state index contributed by atoms with van der Waals surface area (Å²) in [6.45, 7) is 1.16. The van der Waals surface area contributed by atoms with Gasteiger partial charge in [0.2, 0.25) is 0 Å². The van der Waals surface area contributed by atoms with E-state index in [-0.39, 0.29) is 23.8 Å². The zero-order chi connectivity index (χ0) is 30.4. The van der Waals surface area contributed by atoms with E-state index in [2.05, 4.69) is 24.3 Å². The smallest absolute Gasteiger partial charge is 0.314 e. The van der Waals surface area contributed by atoms with Gasteiger partial charge in [0.25, 0.3) is 0 Å². The molecule has 0 spiro atoms. The summed E-state index contributed by atoms with van der Waals surface area (Å²) in [7, 11) is 0. The molecule has 0 bridgehead atoms. The highest BCUT2D eigenvalue weighted by atomic mass is 32.2. The Hall–Kier alpha value is -3.88. The molecule has 228 valence electrons. The molecule has 1 aliphatic carbocycles. The predicted octanol–water partition coefficient (Wildman–Crippen LogP) is 8.35. The van der Waals surface area contributed by atoms with E-state index in [0.29, 0.717) is 50.4 Å². The number of esters is 2. The Morgan fingerprint density at radius 3 is 1.20 bits per heavy atom. The van der Waals surface area contributed by atoms with Gasteiger partial charge in [-0.1, -0.05) is 36.4 Å². The van der Waals surface area contributed by atoms with Gasteiger partial charge in [0.1, 0.15) is 23.0 Å².